The van der Waals surface area contributed by atoms with E-state index in [0.717, 1.165) is 6.42 Å². The Kier molecular flexibility index (Phi) is 12.1. The minimum Gasteiger partial charge on any atom is -1.00 e. The molecular formula is C29H31Cl3SiTi. The molecule has 0 nitrogen and oxygen atoms in total. The van der Waals surface area contributed by atoms with E-state index in [4.69, 9.17) is 0 Å². The van der Waals surface area contributed by atoms with Gasteiger partial charge in [-0.1, -0.05) is 0 Å². The van der Waals surface area contributed by atoms with E-state index in [9.17, 15) is 0 Å². The maximum Gasteiger partial charge on any atom is -1.00 e. The van der Waals surface area contributed by atoms with Gasteiger partial charge in [-0.25, -0.2) is 0 Å². The third-order valence-corrected chi connectivity index (χ3v) is 12.8. The Labute approximate surface area is 237 Å². The van der Waals surface area contributed by atoms with E-state index in [-0.39, 0.29) is 37.2 Å². The van der Waals surface area contributed by atoms with E-state index >= 15 is 0 Å². The number of hydrogen-bond acceptors (Lipinski definition) is 0. The van der Waals surface area contributed by atoms with Gasteiger partial charge in [0.2, 0.25) is 0 Å². The minimum atomic E-state index is -2.39. The molecule has 0 atom stereocenters. The molecule has 0 aliphatic heterocycles. The second kappa shape index (κ2) is 13.3. The van der Waals surface area contributed by atoms with E-state index < -0.39 is 8.07 Å². The molecule has 3 aromatic carbocycles. The normalized spacial score (nSPS) is 12.9. The van der Waals surface area contributed by atoms with Crippen molar-refractivity contribution in [3.63, 3.8) is 0 Å². The van der Waals surface area contributed by atoms with Crippen molar-refractivity contribution in [3.05, 3.63) is 110 Å². The van der Waals surface area contributed by atoms with Crippen molar-refractivity contribution in [2.75, 3.05) is 0 Å². The van der Waals surface area contributed by atoms with Crippen LogP contribution in [-0.2, 0) is 20.4 Å². The average molecular weight is 562 g/mol. The molecule has 0 amide bonds. The molecule has 34 heavy (non-hydrogen) atoms. The molecule has 4 rings (SSSR count). The van der Waals surface area contributed by atoms with Crippen LogP contribution in [0.15, 0.2) is 93.5 Å². The quantitative estimate of drug-likeness (QED) is 0.217. The summed E-state index contributed by atoms with van der Waals surface area (Å²) >= 11 is 2.38. The molecule has 0 aromatic heterocycles. The summed E-state index contributed by atoms with van der Waals surface area (Å²) in [4.78, 5) is 0. The van der Waals surface area contributed by atoms with Crippen LogP contribution in [0.5, 0.6) is 0 Å². The summed E-state index contributed by atoms with van der Waals surface area (Å²) in [6.45, 7) is 8.97. The first-order valence-corrected chi connectivity index (χ1v) is 14.1. The minimum absolute atomic E-state index is 0. The fourth-order valence-electron chi connectivity index (χ4n) is 5.12. The summed E-state index contributed by atoms with van der Waals surface area (Å²) in [5, 5.41) is 6.18. The van der Waals surface area contributed by atoms with E-state index in [1.807, 2.05) is 0 Å². The molecule has 0 saturated heterocycles. The number of aryl methyl sites for hydroxylation is 3. The molecule has 0 bridgehead atoms. The molecular weight excluding hydrogens is 531 g/mol. The third-order valence-electron chi connectivity index (χ3n) is 6.50. The van der Waals surface area contributed by atoms with Gasteiger partial charge in [-0.05, 0) is 0 Å². The monoisotopic (exact) mass is 560 g/mol. The first-order valence-electron chi connectivity index (χ1n) is 11.3. The number of hydrogen-bond donors (Lipinski definition) is 0. The van der Waals surface area contributed by atoms with Crippen LogP contribution in [0.1, 0.15) is 42.9 Å². The fraction of sp³-hybridized carbons (Fsp3) is 0.241. The second-order valence-corrected chi connectivity index (χ2v) is 13.5. The first-order chi connectivity index (χ1) is 15.0. The van der Waals surface area contributed by atoms with Crippen molar-refractivity contribution < 1.29 is 57.7 Å². The van der Waals surface area contributed by atoms with Crippen molar-refractivity contribution in [3.8, 4) is 0 Å². The molecule has 0 fully saturated rings. The third kappa shape index (κ3) is 5.84. The van der Waals surface area contributed by atoms with E-state index in [1.54, 1.807) is 10.8 Å². The van der Waals surface area contributed by atoms with E-state index in [1.165, 1.54) is 49.0 Å². The van der Waals surface area contributed by atoms with Gasteiger partial charge in [0.1, 0.15) is 0 Å². The second-order valence-electron chi connectivity index (χ2n) is 8.90. The molecule has 0 heterocycles. The Morgan fingerprint density at radius 3 is 1.47 bits per heavy atom. The summed E-state index contributed by atoms with van der Waals surface area (Å²) in [5.74, 6) is 0. The van der Waals surface area contributed by atoms with Crippen LogP contribution in [0.25, 0.3) is 0 Å². The van der Waals surface area contributed by atoms with Crippen molar-refractivity contribution in [1.82, 2.24) is 0 Å². The Morgan fingerprint density at radius 1 is 0.706 bits per heavy atom. The van der Waals surface area contributed by atoms with Gasteiger partial charge in [0.25, 0.3) is 0 Å². The van der Waals surface area contributed by atoms with Crippen molar-refractivity contribution in [1.29, 1.82) is 0 Å². The Hall–Kier alpha value is -1.06. The van der Waals surface area contributed by atoms with Gasteiger partial charge in [0.15, 0.2) is 0 Å². The van der Waals surface area contributed by atoms with Gasteiger partial charge in [0, 0.05) is 0 Å². The first kappa shape index (κ1) is 31.0. The zero-order valence-electron chi connectivity index (χ0n) is 20.3. The molecule has 1 aliphatic carbocycles. The van der Waals surface area contributed by atoms with Gasteiger partial charge in [-0.15, -0.1) is 0 Å². The molecule has 0 radical (unpaired) electrons. The van der Waals surface area contributed by atoms with Gasteiger partial charge < -0.3 is 37.2 Å². The maximum absolute atomic E-state index is 2.51. The van der Waals surface area contributed by atoms with Crippen LogP contribution in [0.2, 0.25) is 0 Å². The Balaban J connectivity index is 0.00000193. The molecule has 176 valence electrons. The Morgan fingerprint density at radius 2 is 1.12 bits per heavy atom. The van der Waals surface area contributed by atoms with E-state index in [2.05, 4.69) is 127 Å². The smallest absolute Gasteiger partial charge is 1.00 e. The largest absolute Gasteiger partial charge is 1.00 e. The summed E-state index contributed by atoms with van der Waals surface area (Å²) < 4.78 is 1.54. The summed E-state index contributed by atoms with van der Waals surface area (Å²) in [6.07, 6.45) is 5.96. The van der Waals surface area contributed by atoms with E-state index in [0.29, 0.717) is 0 Å². The zero-order valence-corrected chi connectivity index (χ0v) is 25.1. The molecule has 0 unspecified atom stereocenters. The number of rotatable bonds is 6. The van der Waals surface area contributed by atoms with Crippen molar-refractivity contribution in [2.24, 2.45) is 0 Å². The molecule has 0 spiro atoms. The van der Waals surface area contributed by atoms with Crippen LogP contribution in [-0.4, -0.2) is 8.07 Å². The predicted molar refractivity (Wildman–Crippen MR) is 133 cm³/mol. The average Bonchev–Trinajstić information content (AvgIpc) is 3.10. The number of halogens is 3. The van der Waals surface area contributed by atoms with Gasteiger partial charge in [-0.3, -0.25) is 0 Å². The van der Waals surface area contributed by atoms with Crippen molar-refractivity contribution >= 4 is 23.6 Å². The molecule has 0 N–H and O–H groups in total. The Bertz CT molecular complexity index is 1070. The van der Waals surface area contributed by atoms with Crippen LogP contribution >= 0.6 is 0 Å². The maximum atomic E-state index is 2.51. The van der Waals surface area contributed by atoms with Crippen molar-refractivity contribution in [2.45, 2.75) is 47.0 Å². The fourth-order valence-corrected chi connectivity index (χ4v) is 11.9. The number of benzene rings is 3. The van der Waals surface area contributed by atoms with Crippen LogP contribution in [0, 0.1) is 20.8 Å². The van der Waals surface area contributed by atoms with Gasteiger partial charge in [0.05, 0.1) is 0 Å². The molecule has 1 aliphatic rings. The number of allylic oxidation sites excluding steroid dienone is 4. The van der Waals surface area contributed by atoms with Crippen LogP contribution < -0.4 is 52.8 Å². The molecule has 5 heteroatoms. The van der Waals surface area contributed by atoms with Gasteiger partial charge >= 0.3 is 201 Å². The standard InChI is InChI=1S/C29H31Si.3ClH.Ti/c1-5-9-25-16-17-29(21-25)30(26-13-6-10-22(2)18-26,27-14-7-11-23(3)19-27)28-15-8-12-24(4)20-28;;;;/h6-8,10-16,18-20H,5,9,17H2,1-4H3;3*1H;/q;;;;+3/p-3. The topological polar surface area (TPSA) is 0 Å². The predicted octanol–water partition coefficient (Wildman–Crippen LogP) is -3.44. The summed E-state index contributed by atoms with van der Waals surface area (Å²) in [6, 6.07) is 28.0. The zero-order chi connectivity index (χ0) is 22.0. The summed E-state index contributed by atoms with van der Waals surface area (Å²) in [5.41, 5.74) is 5.58. The molecule has 3 aromatic rings. The van der Waals surface area contributed by atoms with Crippen LogP contribution in [0.4, 0.5) is 0 Å². The summed E-state index contributed by atoms with van der Waals surface area (Å²) in [7, 11) is -2.39. The van der Waals surface area contributed by atoms with Crippen LogP contribution in [0.3, 0.4) is 0 Å². The SMILES string of the molecule is CCCC1=CCC([Si](c2cccc(C)c2)(c2cccc(C)c2)c2cccc(C)c2)=[C]1[Ti+3].[Cl-].[Cl-].[Cl-]. The molecule has 0 saturated carbocycles. The van der Waals surface area contributed by atoms with Gasteiger partial charge in [-0.2, -0.15) is 0 Å².